The molecule has 0 atom stereocenters. The zero-order valence-electron chi connectivity index (χ0n) is 10.3. The van der Waals surface area contributed by atoms with E-state index in [2.05, 4.69) is 20.9 Å². The first-order chi connectivity index (χ1) is 8.69. The van der Waals surface area contributed by atoms with E-state index in [-0.39, 0.29) is 0 Å². The Balaban J connectivity index is 2.10. The van der Waals surface area contributed by atoms with Crippen molar-refractivity contribution >= 4 is 15.9 Å². The lowest BCUT2D eigenvalue weighted by molar-refractivity contribution is 0.284. The summed E-state index contributed by atoms with van der Waals surface area (Å²) in [5.74, 6) is 1.49. The van der Waals surface area contributed by atoms with Gasteiger partial charge in [-0.05, 0) is 46.6 Å². The van der Waals surface area contributed by atoms with Gasteiger partial charge >= 0.3 is 0 Å². The summed E-state index contributed by atoms with van der Waals surface area (Å²) in [7, 11) is 1.64. The Labute approximate surface area is 115 Å². The fourth-order valence-electron chi connectivity index (χ4n) is 1.59. The summed E-state index contributed by atoms with van der Waals surface area (Å²) in [5.41, 5.74) is 2.15. The van der Waals surface area contributed by atoms with Crippen LogP contribution < -0.4 is 9.47 Å². The zero-order chi connectivity index (χ0) is 13.0. The number of aryl methyl sites for hydroxylation is 1. The smallest absolute Gasteiger partial charge is 0.161 e. The summed E-state index contributed by atoms with van der Waals surface area (Å²) in [4.78, 5) is 4.10. The van der Waals surface area contributed by atoms with E-state index in [0.717, 1.165) is 27.1 Å². The van der Waals surface area contributed by atoms with E-state index >= 15 is 0 Å². The van der Waals surface area contributed by atoms with Gasteiger partial charge in [0.1, 0.15) is 6.61 Å². The van der Waals surface area contributed by atoms with Crippen molar-refractivity contribution in [2.24, 2.45) is 0 Å². The van der Waals surface area contributed by atoms with E-state index in [1.165, 1.54) is 0 Å². The number of rotatable bonds is 4. The average Bonchev–Trinajstić information content (AvgIpc) is 2.37. The van der Waals surface area contributed by atoms with E-state index in [0.29, 0.717) is 6.61 Å². The molecule has 1 aromatic heterocycles. The summed E-state index contributed by atoms with van der Waals surface area (Å²) in [6, 6.07) is 7.85. The van der Waals surface area contributed by atoms with Crippen LogP contribution in [0.1, 0.15) is 11.1 Å². The largest absolute Gasteiger partial charge is 0.493 e. The van der Waals surface area contributed by atoms with E-state index in [4.69, 9.17) is 9.47 Å². The molecule has 2 aromatic rings. The molecule has 94 valence electrons. The van der Waals surface area contributed by atoms with Crippen molar-refractivity contribution in [3.05, 3.63) is 52.3 Å². The Kier molecular flexibility index (Phi) is 4.20. The van der Waals surface area contributed by atoms with E-state index in [1.807, 2.05) is 31.2 Å². The van der Waals surface area contributed by atoms with Crippen molar-refractivity contribution in [1.29, 1.82) is 0 Å². The van der Waals surface area contributed by atoms with Gasteiger partial charge in [-0.1, -0.05) is 6.07 Å². The molecule has 1 heterocycles. The van der Waals surface area contributed by atoms with Crippen molar-refractivity contribution in [1.82, 2.24) is 4.98 Å². The second kappa shape index (κ2) is 5.87. The van der Waals surface area contributed by atoms with Gasteiger partial charge < -0.3 is 9.47 Å². The Hall–Kier alpha value is -1.55. The summed E-state index contributed by atoms with van der Waals surface area (Å²) >= 11 is 3.38. The lowest BCUT2D eigenvalue weighted by atomic mass is 10.2. The summed E-state index contributed by atoms with van der Waals surface area (Å²) in [6.07, 6.45) is 3.53. The Morgan fingerprint density at radius 1 is 1.17 bits per heavy atom. The molecule has 0 spiro atoms. The molecule has 0 N–H and O–H groups in total. The lowest BCUT2D eigenvalue weighted by Crippen LogP contribution is -1.98. The van der Waals surface area contributed by atoms with Crippen LogP contribution in [-0.2, 0) is 6.61 Å². The number of halogens is 1. The number of pyridine rings is 1. The predicted octanol–water partition coefficient (Wildman–Crippen LogP) is 3.74. The molecule has 0 aliphatic carbocycles. The molecule has 0 aliphatic rings. The molecule has 0 bridgehead atoms. The fourth-order valence-corrected chi connectivity index (χ4v) is 2.00. The van der Waals surface area contributed by atoms with E-state index in [1.54, 1.807) is 19.5 Å². The van der Waals surface area contributed by atoms with Crippen LogP contribution in [-0.4, -0.2) is 12.1 Å². The molecule has 1 aromatic carbocycles. The average molecular weight is 308 g/mol. The van der Waals surface area contributed by atoms with Crippen LogP contribution in [0.5, 0.6) is 11.5 Å². The second-order valence-electron chi connectivity index (χ2n) is 3.95. The topological polar surface area (TPSA) is 31.4 Å². The fraction of sp³-hybridized carbons (Fsp3) is 0.214. The minimum absolute atomic E-state index is 0.464. The van der Waals surface area contributed by atoms with Gasteiger partial charge in [-0.2, -0.15) is 0 Å². The van der Waals surface area contributed by atoms with Crippen LogP contribution in [0.25, 0.3) is 0 Å². The maximum Gasteiger partial charge on any atom is 0.161 e. The molecule has 4 heteroatoms. The monoisotopic (exact) mass is 307 g/mol. The standard InChI is InChI=1S/C14H14BrNO2/c1-10-3-4-13(14(5-10)17-2)18-9-11-6-12(15)8-16-7-11/h3-8H,9H2,1-2H3. The number of ether oxygens (including phenoxy) is 2. The summed E-state index contributed by atoms with van der Waals surface area (Å²) in [5, 5.41) is 0. The van der Waals surface area contributed by atoms with Crippen LogP contribution in [0.15, 0.2) is 41.1 Å². The Bertz CT molecular complexity index is 543. The molecular weight excluding hydrogens is 294 g/mol. The van der Waals surface area contributed by atoms with Gasteiger partial charge in [-0.25, -0.2) is 0 Å². The molecule has 0 aliphatic heterocycles. The molecular formula is C14H14BrNO2. The van der Waals surface area contributed by atoms with Crippen LogP contribution in [0.2, 0.25) is 0 Å². The highest BCUT2D eigenvalue weighted by atomic mass is 79.9. The van der Waals surface area contributed by atoms with Crippen LogP contribution in [0.3, 0.4) is 0 Å². The van der Waals surface area contributed by atoms with Gasteiger partial charge in [0.15, 0.2) is 11.5 Å². The van der Waals surface area contributed by atoms with Gasteiger partial charge in [0.25, 0.3) is 0 Å². The van der Waals surface area contributed by atoms with Gasteiger partial charge in [0.2, 0.25) is 0 Å². The third-order valence-electron chi connectivity index (χ3n) is 2.47. The summed E-state index contributed by atoms with van der Waals surface area (Å²) in [6.45, 7) is 2.48. The zero-order valence-corrected chi connectivity index (χ0v) is 11.9. The molecule has 0 radical (unpaired) electrons. The number of nitrogens with zero attached hydrogens (tertiary/aromatic N) is 1. The van der Waals surface area contributed by atoms with Gasteiger partial charge in [0.05, 0.1) is 7.11 Å². The Morgan fingerprint density at radius 3 is 2.72 bits per heavy atom. The van der Waals surface area contributed by atoms with Crippen molar-refractivity contribution in [2.75, 3.05) is 7.11 Å². The molecule has 0 amide bonds. The highest BCUT2D eigenvalue weighted by Crippen LogP contribution is 2.28. The molecule has 3 nitrogen and oxygen atoms in total. The van der Waals surface area contributed by atoms with Crippen molar-refractivity contribution < 1.29 is 9.47 Å². The number of aromatic nitrogens is 1. The normalized spacial score (nSPS) is 10.2. The number of hydrogen-bond acceptors (Lipinski definition) is 3. The first-order valence-corrected chi connectivity index (χ1v) is 6.35. The van der Waals surface area contributed by atoms with Crippen LogP contribution in [0, 0.1) is 6.92 Å². The van der Waals surface area contributed by atoms with Crippen molar-refractivity contribution in [3.8, 4) is 11.5 Å². The molecule has 18 heavy (non-hydrogen) atoms. The quantitative estimate of drug-likeness (QED) is 0.862. The SMILES string of the molecule is COc1cc(C)ccc1OCc1cncc(Br)c1. The van der Waals surface area contributed by atoms with Crippen LogP contribution >= 0.6 is 15.9 Å². The number of hydrogen-bond donors (Lipinski definition) is 0. The van der Waals surface area contributed by atoms with Crippen molar-refractivity contribution in [2.45, 2.75) is 13.5 Å². The number of benzene rings is 1. The van der Waals surface area contributed by atoms with Crippen molar-refractivity contribution in [3.63, 3.8) is 0 Å². The van der Waals surface area contributed by atoms with Gasteiger partial charge in [-0.15, -0.1) is 0 Å². The minimum Gasteiger partial charge on any atom is -0.493 e. The summed E-state index contributed by atoms with van der Waals surface area (Å²) < 4.78 is 12.0. The first-order valence-electron chi connectivity index (χ1n) is 5.56. The molecule has 0 unspecified atom stereocenters. The molecule has 0 saturated heterocycles. The molecule has 0 fully saturated rings. The predicted molar refractivity (Wildman–Crippen MR) is 74.0 cm³/mol. The third-order valence-corrected chi connectivity index (χ3v) is 2.91. The highest BCUT2D eigenvalue weighted by molar-refractivity contribution is 9.10. The highest BCUT2D eigenvalue weighted by Gasteiger charge is 2.05. The third kappa shape index (κ3) is 3.23. The second-order valence-corrected chi connectivity index (χ2v) is 4.87. The maximum atomic E-state index is 5.74. The molecule has 2 rings (SSSR count). The van der Waals surface area contributed by atoms with Gasteiger partial charge in [0, 0.05) is 22.4 Å². The Morgan fingerprint density at radius 2 is 2.00 bits per heavy atom. The maximum absolute atomic E-state index is 5.74. The van der Waals surface area contributed by atoms with E-state index in [9.17, 15) is 0 Å². The van der Waals surface area contributed by atoms with E-state index < -0.39 is 0 Å². The number of methoxy groups -OCH3 is 1. The molecule has 0 saturated carbocycles. The first kappa shape index (κ1) is 12.9. The lowest BCUT2D eigenvalue weighted by Gasteiger charge is -2.11. The van der Waals surface area contributed by atoms with Gasteiger partial charge in [-0.3, -0.25) is 4.98 Å². The van der Waals surface area contributed by atoms with Crippen LogP contribution in [0.4, 0.5) is 0 Å². The minimum atomic E-state index is 0.464.